The van der Waals surface area contributed by atoms with Crippen molar-refractivity contribution in [2.45, 2.75) is 10.8 Å². The lowest BCUT2D eigenvalue weighted by atomic mass is 10.7. The molecule has 0 saturated carbocycles. The van der Waals surface area contributed by atoms with E-state index in [1.54, 1.807) is 0 Å². The molecule has 0 rings (SSSR count). The largest absolute Gasteiger partial charge is 0.380 e. The van der Waals surface area contributed by atoms with E-state index < -0.39 is 5.44 Å². The van der Waals surface area contributed by atoms with Crippen LogP contribution < -0.4 is 4.72 Å². The third-order valence-corrected chi connectivity index (χ3v) is 1.84. The fraction of sp³-hybridized carbons (Fsp3) is 1.00. The summed E-state index contributed by atoms with van der Waals surface area (Å²) in [5.74, 6) is 0. The van der Waals surface area contributed by atoms with E-state index >= 15 is 0 Å². The minimum atomic E-state index is -0.763. The Hall–Kier alpha value is 0.970. The molecular weight excluding hydrogens is 150 g/mol. The van der Waals surface area contributed by atoms with Crippen molar-refractivity contribution in [3.63, 3.8) is 0 Å². The zero-order valence-electron chi connectivity index (χ0n) is 3.44. The first kappa shape index (κ1) is 7.97. The van der Waals surface area contributed by atoms with Crippen molar-refractivity contribution in [2.75, 3.05) is 0 Å². The third kappa shape index (κ3) is 3.54. The van der Waals surface area contributed by atoms with Crippen molar-refractivity contribution in [1.82, 2.24) is 4.72 Å². The van der Waals surface area contributed by atoms with Gasteiger partial charge in [-0.3, -0.25) is 4.72 Å². The summed E-state index contributed by atoms with van der Waals surface area (Å²) >= 11 is 11.1. The summed E-state index contributed by atoms with van der Waals surface area (Å²) in [5.41, 5.74) is -0.763. The molecule has 0 saturated heterocycles. The standard InChI is InChI=1S/C2H7NOS3/c4-2(6)1(5)3-7/h1-7H/t1-,2+/m1/s1. The van der Waals surface area contributed by atoms with Crippen LogP contribution >= 0.6 is 38.1 Å². The molecular formula is C2H7NOS3. The molecule has 0 aromatic rings. The molecule has 2 atom stereocenters. The van der Waals surface area contributed by atoms with Crippen LogP contribution in [0.15, 0.2) is 0 Å². The van der Waals surface area contributed by atoms with Crippen molar-refractivity contribution in [2.24, 2.45) is 0 Å². The molecule has 0 aliphatic rings. The molecule has 0 spiro atoms. The van der Waals surface area contributed by atoms with E-state index in [1.165, 1.54) is 0 Å². The van der Waals surface area contributed by atoms with Crippen LogP contribution in [0, 0.1) is 0 Å². The average molecular weight is 157 g/mol. The predicted octanol–water partition coefficient (Wildman–Crippen LogP) is -0.0751. The minimum Gasteiger partial charge on any atom is -0.380 e. The quantitative estimate of drug-likeness (QED) is 0.287. The first-order valence-electron chi connectivity index (χ1n) is 1.62. The van der Waals surface area contributed by atoms with Crippen molar-refractivity contribution < 1.29 is 5.11 Å². The van der Waals surface area contributed by atoms with Crippen LogP contribution in [0.4, 0.5) is 0 Å². The SMILES string of the molecule is O[C@@H](S)[C@@H](S)NS. The Morgan fingerprint density at radius 3 is 1.86 bits per heavy atom. The molecule has 0 amide bonds. The van der Waals surface area contributed by atoms with Crippen LogP contribution in [0.3, 0.4) is 0 Å². The summed E-state index contributed by atoms with van der Waals surface area (Å²) in [5, 5.41) is 8.13. The lowest BCUT2D eigenvalue weighted by Crippen LogP contribution is -2.24. The summed E-state index contributed by atoms with van der Waals surface area (Å²) in [4.78, 5) is 0. The zero-order chi connectivity index (χ0) is 5.86. The van der Waals surface area contributed by atoms with Crippen molar-refractivity contribution in [3.8, 4) is 0 Å². The van der Waals surface area contributed by atoms with E-state index in [9.17, 15) is 0 Å². The maximum Gasteiger partial charge on any atom is 0.122 e. The Balaban J connectivity index is 3.14. The van der Waals surface area contributed by atoms with E-state index in [2.05, 4.69) is 42.8 Å². The molecule has 7 heavy (non-hydrogen) atoms. The number of aliphatic hydroxyl groups excluding tert-OH is 1. The minimum absolute atomic E-state index is 0.369. The maximum atomic E-state index is 8.50. The molecule has 0 unspecified atom stereocenters. The van der Waals surface area contributed by atoms with Gasteiger partial charge in [-0.1, -0.05) is 12.8 Å². The number of rotatable bonds is 2. The Labute approximate surface area is 59.0 Å². The first-order valence-corrected chi connectivity index (χ1v) is 3.10. The van der Waals surface area contributed by atoms with E-state index in [4.69, 9.17) is 5.11 Å². The molecule has 0 aliphatic carbocycles. The van der Waals surface area contributed by atoms with Gasteiger partial charge in [0.05, 0.1) is 5.37 Å². The Kier molecular flexibility index (Phi) is 4.45. The van der Waals surface area contributed by atoms with Gasteiger partial charge < -0.3 is 5.11 Å². The summed E-state index contributed by atoms with van der Waals surface area (Å²) < 4.78 is 2.40. The molecule has 0 aromatic heterocycles. The fourth-order valence-corrected chi connectivity index (χ4v) is 0.400. The van der Waals surface area contributed by atoms with Crippen molar-refractivity contribution in [1.29, 1.82) is 0 Å². The summed E-state index contributed by atoms with van der Waals surface area (Å²) in [7, 11) is 0. The number of hydrogen-bond acceptors (Lipinski definition) is 5. The molecule has 2 nitrogen and oxygen atoms in total. The lowest BCUT2D eigenvalue weighted by Gasteiger charge is -2.08. The van der Waals surface area contributed by atoms with Gasteiger partial charge in [-0.05, 0) is 0 Å². The average Bonchev–Trinajstić information content (AvgIpc) is 1.65. The number of thiol groups is 3. The number of hydrogen-bond donors (Lipinski definition) is 5. The van der Waals surface area contributed by atoms with Gasteiger partial charge in [-0.2, -0.15) is 12.6 Å². The van der Waals surface area contributed by atoms with Crippen molar-refractivity contribution in [3.05, 3.63) is 0 Å². The van der Waals surface area contributed by atoms with Gasteiger partial charge in [-0.25, -0.2) is 0 Å². The molecule has 0 bridgehead atoms. The monoisotopic (exact) mass is 157 g/mol. The van der Waals surface area contributed by atoms with Gasteiger partial charge in [-0.15, -0.1) is 12.6 Å². The van der Waals surface area contributed by atoms with E-state index in [1.807, 2.05) is 0 Å². The number of nitrogens with one attached hydrogen (secondary N) is 1. The highest BCUT2D eigenvalue weighted by atomic mass is 32.1. The molecule has 0 radical (unpaired) electrons. The van der Waals surface area contributed by atoms with E-state index in [0.717, 1.165) is 0 Å². The highest BCUT2D eigenvalue weighted by Crippen LogP contribution is 2.01. The Morgan fingerprint density at radius 1 is 1.43 bits per heavy atom. The Bertz CT molecular complexity index is 50.2. The second kappa shape index (κ2) is 3.91. The van der Waals surface area contributed by atoms with Gasteiger partial charge in [0, 0.05) is 0 Å². The van der Waals surface area contributed by atoms with Gasteiger partial charge >= 0.3 is 0 Å². The van der Waals surface area contributed by atoms with Crippen molar-refractivity contribution >= 4 is 38.1 Å². The molecule has 0 aromatic carbocycles. The fourth-order valence-electron chi connectivity index (χ4n) is 0.0667. The summed E-state index contributed by atoms with van der Waals surface area (Å²) in [6.07, 6.45) is 0. The molecule has 2 N–H and O–H groups in total. The third-order valence-electron chi connectivity index (χ3n) is 0.415. The topological polar surface area (TPSA) is 32.3 Å². The highest BCUT2D eigenvalue weighted by Gasteiger charge is 2.05. The van der Waals surface area contributed by atoms with Crippen LogP contribution in [0.5, 0.6) is 0 Å². The molecule has 44 valence electrons. The van der Waals surface area contributed by atoms with E-state index in [-0.39, 0.29) is 5.37 Å². The molecule has 0 aliphatic heterocycles. The zero-order valence-corrected chi connectivity index (χ0v) is 6.13. The molecule has 0 fully saturated rings. The van der Waals surface area contributed by atoms with Gasteiger partial charge in [0.15, 0.2) is 0 Å². The van der Waals surface area contributed by atoms with Gasteiger partial charge in [0.2, 0.25) is 0 Å². The smallest absolute Gasteiger partial charge is 0.122 e. The van der Waals surface area contributed by atoms with E-state index in [0.29, 0.717) is 0 Å². The molecule has 5 heteroatoms. The maximum absolute atomic E-state index is 8.50. The first-order chi connectivity index (χ1) is 3.18. The molecule has 0 heterocycles. The second-order valence-corrected chi connectivity index (χ2v) is 2.33. The lowest BCUT2D eigenvalue weighted by molar-refractivity contribution is 0.260. The van der Waals surface area contributed by atoms with Crippen LogP contribution in [-0.2, 0) is 0 Å². The predicted molar refractivity (Wildman–Crippen MR) is 39.9 cm³/mol. The second-order valence-electron chi connectivity index (χ2n) is 0.988. The highest BCUT2D eigenvalue weighted by molar-refractivity contribution is 7.86. The number of aliphatic hydroxyl groups is 1. The summed E-state index contributed by atoms with van der Waals surface area (Å²) in [6.45, 7) is 0. The van der Waals surface area contributed by atoms with Gasteiger partial charge in [0.25, 0.3) is 0 Å². The van der Waals surface area contributed by atoms with Crippen LogP contribution in [-0.4, -0.2) is 15.9 Å². The van der Waals surface area contributed by atoms with Crippen LogP contribution in [0.1, 0.15) is 0 Å². The van der Waals surface area contributed by atoms with Crippen LogP contribution in [0.2, 0.25) is 0 Å². The normalized spacial score (nSPS) is 18.9. The van der Waals surface area contributed by atoms with Gasteiger partial charge in [0.1, 0.15) is 5.44 Å². The summed E-state index contributed by atoms with van der Waals surface area (Å²) in [6, 6.07) is 0. The Morgan fingerprint density at radius 2 is 1.86 bits per heavy atom. The van der Waals surface area contributed by atoms with Crippen LogP contribution in [0.25, 0.3) is 0 Å².